The fourth-order valence-electron chi connectivity index (χ4n) is 1.14. The van der Waals surface area contributed by atoms with Crippen molar-refractivity contribution in [1.82, 2.24) is 9.78 Å². The molecule has 0 atom stereocenters. The molecule has 56 valence electrons. The summed E-state index contributed by atoms with van der Waals surface area (Å²) in [4.78, 5) is 0. The lowest BCUT2D eigenvalue weighted by atomic mass is 10.2. The summed E-state index contributed by atoms with van der Waals surface area (Å²) >= 11 is 0. The summed E-state index contributed by atoms with van der Waals surface area (Å²) < 4.78 is 14.6. The second-order valence-electron chi connectivity index (χ2n) is 2.44. The summed E-state index contributed by atoms with van der Waals surface area (Å²) in [5.74, 6) is -0.212. The van der Waals surface area contributed by atoms with Crippen LogP contribution in [0.15, 0.2) is 24.4 Å². The predicted molar refractivity (Wildman–Crippen MR) is 40.7 cm³/mol. The number of nitrogens with zero attached hydrogens (tertiary/aromatic N) is 2. The molecule has 0 amide bonds. The van der Waals surface area contributed by atoms with E-state index in [1.165, 1.54) is 12.3 Å². The Balaban J connectivity index is 2.94. The third kappa shape index (κ3) is 0.808. The molecule has 0 aliphatic carbocycles. The average molecular weight is 149 g/mol. The van der Waals surface area contributed by atoms with E-state index in [-0.39, 0.29) is 5.82 Å². The van der Waals surface area contributed by atoms with E-state index >= 15 is 0 Å². The standard InChI is InChI=1S/C8H7FN2/c1-11-8-4-2-3-7(9)6(8)5-10-11/h2-5H,1H3/i9-1. The molecule has 1 aromatic heterocycles. The summed E-state index contributed by atoms with van der Waals surface area (Å²) in [7, 11) is 1.79. The molecule has 0 N–H and O–H groups in total. The van der Waals surface area contributed by atoms with E-state index in [1.807, 2.05) is 6.07 Å². The van der Waals surface area contributed by atoms with Crippen LogP contribution in [0.25, 0.3) is 10.9 Å². The van der Waals surface area contributed by atoms with Crippen molar-refractivity contribution in [3.05, 3.63) is 30.2 Å². The van der Waals surface area contributed by atoms with Gasteiger partial charge in [0.05, 0.1) is 17.1 Å². The Morgan fingerprint density at radius 3 is 3.00 bits per heavy atom. The average Bonchev–Trinajstić information content (AvgIpc) is 2.35. The van der Waals surface area contributed by atoms with Crippen molar-refractivity contribution in [3.8, 4) is 0 Å². The van der Waals surface area contributed by atoms with Crippen LogP contribution in [0.5, 0.6) is 0 Å². The maximum Gasteiger partial charge on any atom is 0.134 e. The maximum atomic E-state index is 12.9. The number of hydrogen-bond acceptors (Lipinski definition) is 1. The van der Waals surface area contributed by atoms with Crippen LogP contribution in [0.2, 0.25) is 0 Å². The van der Waals surface area contributed by atoms with Gasteiger partial charge in [-0.15, -0.1) is 0 Å². The van der Waals surface area contributed by atoms with Crippen LogP contribution < -0.4 is 0 Å². The van der Waals surface area contributed by atoms with E-state index in [0.717, 1.165) is 5.52 Å². The van der Waals surface area contributed by atoms with Crippen molar-refractivity contribution in [2.75, 3.05) is 0 Å². The molecule has 0 unspecified atom stereocenters. The van der Waals surface area contributed by atoms with Gasteiger partial charge >= 0.3 is 0 Å². The van der Waals surface area contributed by atoms with E-state index in [9.17, 15) is 4.39 Å². The lowest BCUT2D eigenvalue weighted by Gasteiger charge is -1.92. The largest absolute Gasteiger partial charge is 0.268 e. The van der Waals surface area contributed by atoms with Crippen LogP contribution >= 0.6 is 0 Å². The summed E-state index contributed by atoms with van der Waals surface area (Å²) in [6, 6.07) is 4.95. The Bertz CT molecular complexity index is 392. The Labute approximate surface area is 63.3 Å². The van der Waals surface area contributed by atoms with Gasteiger partial charge in [0.15, 0.2) is 0 Å². The van der Waals surface area contributed by atoms with Crippen LogP contribution in [-0.4, -0.2) is 9.78 Å². The molecule has 0 aliphatic rings. The highest BCUT2D eigenvalue weighted by Gasteiger charge is 2.02. The van der Waals surface area contributed by atoms with Crippen molar-refractivity contribution in [1.29, 1.82) is 0 Å². The first-order valence-corrected chi connectivity index (χ1v) is 3.35. The smallest absolute Gasteiger partial charge is 0.134 e. The monoisotopic (exact) mass is 149 g/mol. The number of halogens is 1. The topological polar surface area (TPSA) is 17.8 Å². The van der Waals surface area contributed by atoms with Gasteiger partial charge in [-0.05, 0) is 12.1 Å². The predicted octanol–water partition coefficient (Wildman–Crippen LogP) is 1.71. The van der Waals surface area contributed by atoms with Crippen LogP contribution in [0.4, 0.5) is 4.39 Å². The normalized spacial score (nSPS) is 10.7. The molecule has 0 bridgehead atoms. The van der Waals surface area contributed by atoms with Gasteiger partial charge in [0, 0.05) is 7.05 Å². The zero-order valence-corrected chi connectivity index (χ0v) is 6.08. The molecular formula is C8H7FN2. The summed E-state index contributed by atoms with van der Waals surface area (Å²) in [6.07, 6.45) is 1.53. The molecule has 0 radical (unpaired) electrons. The molecule has 2 rings (SSSR count). The Kier molecular flexibility index (Phi) is 1.18. The number of rotatable bonds is 0. The lowest BCUT2D eigenvalue weighted by Crippen LogP contribution is -1.88. The quantitative estimate of drug-likeness (QED) is 0.557. The van der Waals surface area contributed by atoms with Gasteiger partial charge < -0.3 is 0 Å². The molecule has 2 aromatic rings. The first-order valence-electron chi connectivity index (χ1n) is 3.35. The van der Waals surface area contributed by atoms with Crippen LogP contribution in [-0.2, 0) is 7.05 Å². The Morgan fingerprint density at radius 1 is 1.45 bits per heavy atom. The van der Waals surface area contributed by atoms with Gasteiger partial charge in [-0.1, -0.05) is 6.07 Å². The SMILES string of the molecule is Cn1ncc2c([18F])cccc21. The highest BCUT2D eigenvalue weighted by molar-refractivity contribution is 5.78. The van der Waals surface area contributed by atoms with Crippen molar-refractivity contribution < 1.29 is 4.39 Å². The maximum absolute atomic E-state index is 12.9. The van der Waals surface area contributed by atoms with Gasteiger partial charge in [-0.3, -0.25) is 4.68 Å². The van der Waals surface area contributed by atoms with Crippen molar-refractivity contribution >= 4 is 10.9 Å². The van der Waals surface area contributed by atoms with E-state index in [0.29, 0.717) is 5.39 Å². The zero-order chi connectivity index (χ0) is 7.84. The molecule has 1 aromatic carbocycles. The fraction of sp³-hybridized carbons (Fsp3) is 0.125. The molecular weight excluding hydrogens is 142 g/mol. The number of fused-ring (bicyclic) bond motifs is 1. The van der Waals surface area contributed by atoms with Crippen molar-refractivity contribution in [2.24, 2.45) is 7.05 Å². The van der Waals surface area contributed by atoms with E-state index in [4.69, 9.17) is 0 Å². The summed E-state index contributed by atoms with van der Waals surface area (Å²) in [6.45, 7) is 0. The molecule has 0 saturated carbocycles. The molecule has 0 saturated heterocycles. The minimum atomic E-state index is -0.212. The Morgan fingerprint density at radius 2 is 2.27 bits per heavy atom. The second-order valence-corrected chi connectivity index (χ2v) is 2.44. The van der Waals surface area contributed by atoms with Gasteiger partial charge in [0.1, 0.15) is 5.82 Å². The summed E-state index contributed by atoms with van der Waals surface area (Å²) in [5, 5.41) is 4.51. The minimum absolute atomic E-state index is 0.212. The first-order chi connectivity index (χ1) is 5.29. The molecule has 0 spiro atoms. The fourth-order valence-corrected chi connectivity index (χ4v) is 1.14. The zero-order valence-electron chi connectivity index (χ0n) is 6.08. The van der Waals surface area contributed by atoms with Crippen LogP contribution in [0.1, 0.15) is 0 Å². The molecule has 3 heteroatoms. The third-order valence-corrected chi connectivity index (χ3v) is 1.74. The van der Waals surface area contributed by atoms with Crippen molar-refractivity contribution in [3.63, 3.8) is 0 Å². The van der Waals surface area contributed by atoms with Gasteiger partial charge in [-0.25, -0.2) is 4.39 Å². The number of hydrogen-bond donors (Lipinski definition) is 0. The van der Waals surface area contributed by atoms with Gasteiger partial charge in [0.25, 0.3) is 0 Å². The molecule has 11 heavy (non-hydrogen) atoms. The third-order valence-electron chi connectivity index (χ3n) is 1.74. The highest BCUT2D eigenvalue weighted by atomic mass is 18.2. The minimum Gasteiger partial charge on any atom is -0.268 e. The number of aryl methyl sites for hydroxylation is 1. The molecule has 0 fully saturated rings. The molecule has 0 aliphatic heterocycles. The molecule has 1 heterocycles. The van der Waals surface area contributed by atoms with E-state index in [2.05, 4.69) is 5.10 Å². The second kappa shape index (κ2) is 2.05. The Hall–Kier alpha value is -1.38. The van der Waals surface area contributed by atoms with Gasteiger partial charge in [0.2, 0.25) is 0 Å². The van der Waals surface area contributed by atoms with Crippen LogP contribution in [0, 0.1) is 5.82 Å². The summed E-state index contributed by atoms with van der Waals surface area (Å²) in [5.41, 5.74) is 0.824. The van der Waals surface area contributed by atoms with E-state index < -0.39 is 0 Å². The highest BCUT2D eigenvalue weighted by Crippen LogP contribution is 2.15. The number of aromatic nitrogens is 2. The first kappa shape index (κ1) is 6.34. The molecule has 2 nitrogen and oxygen atoms in total. The van der Waals surface area contributed by atoms with Crippen LogP contribution in [0.3, 0.4) is 0 Å². The van der Waals surface area contributed by atoms with E-state index in [1.54, 1.807) is 17.8 Å². The lowest BCUT2D eigenvalue weighted by molar-refractivity contribution is 0.640. The van der Waals surface area contributed by atoms with Crippen molar-refractivity contribution in [2.45, 2.75) is 0 Å². The number of benzene rings is 1. The van der Waals surface area contributed by atoms with Gasteiger partial charge in [-0.2, -0.15) is 5.10 Å².